The van der Waals surface area contributed by atoms with Crippen molar-refractivity contribution in [2.75, 3.05) is 0 Å². The van der Waals surface area contributed by atoms with E-state index in [9.17, 15) is 10.2 Å². The molecule has 0 aliphatic carbocycles. The maximum Gasteiger partial charge on any atom is 2.00 e. The van der Waals surface area contributed by atoms with Crippen LogP contribution in [0.4, 0.5) is 11.4 Å². The van der Waals surface area contributed by atoms with Gasteiger partial charge in [0.1, 0.15) is 0 Å². The summed E-state index contributed by atoms with van der Waals surface area (Å²) < 4.78 is 0. The monoisotopic (exact) mass is 432 g/mol. The van der Waals surface area contributed by atoms with Crippen molar-refractivity contribution >= 4 is 11.4 Å². The summed E-state index contributed by atoms with van der Waals surface area (Å²) in [5.41, 5.74) is 2.28. The first-order valence-electron chi connectivity index (χ1n) is 8.50. The van der Waals surface area contributed by atoms with Crippen LogP contribution in [0, 0.1) is 0 Å². The van der Waals surface area contributed by atoms with Gasteiger partial charge in [0.25, 0.3) is 0 Å². The van der Waals surface area contributed by atoms with Gasteiger partial charge in [-0.1, -0.05) is 60.0 Å². The zero-order chi connectivity index (χ0) is 19.6. The summed E-state index contributed by atoms with van der Waals surface area (Å²) in [5, 5.41) is 30.1. The first kappa shape index (κ1) is 21.9. The Labute approximate surface area is 181 Å². The molecule has 0 radical (unpaired) electrons. The molecule has 0 fully saturated rings. The van der Waals surface area contributed by atoms with Crippen molar-refractivity contribution in [3.05, 3.63) is 97.3 Å². The molecule has 2 aromatic heterocycles. The van der Waals surface area contributed by atoms with Crippen LogP contribution in [0.5, 0.6) is 11.5 Å². The molecule has 4 rings (SSSR count). The summed E-state index contributed by atoms with van der Waals surface area (Å²) in [5.74, 6) is -0.427. The predicted molar refractivity (Wildman–Crippen MR) is 103 cm³/mol. The zero-order valence-corrected chi connectivity index (χ0v) is 18.5. The second kappa shape index (κ2) is 11.4. The van der Waals surface area contributed by atoms with Crippen LogP contribution in [0.15, 0.2) is 108 Å². The molecule has 0 spiro atoms. The van der Waals surface area contributed by atoms with E-state index in [1.54, 1.807) is 48.8 Å². The van der Waals surface area contributed by atoms with Crippen molar-refractivity contribution in [1.29, 1.82) is 0 Å². The Morgan fingerprint density at radius 3 is 1.24 bits per heavy atom. The van der Waals surface area contributed by atoms with Crippen molar-refractivity contribution < 1.29 is 29.7 Å². The Hall–Kier alpha value is -3.44. The van der Waals surface area contributed by atoms with Gasteiger partial charge in [-0.3, -0.25) is 9.97 Å². The molecule has 2 aromatic carbocycles. The van der Waals surface area contributed by atoms with Crippen LogP contribution in [0.1, 0.15) is 0 Å². The SMILES string of the molecule is [O-]c1ccccc1N=Nc1ccccc1[O-].[Zn+2].c1ccc(-c2ccccn2)nc1. The van der Waals surface area contributed by atoms with E-state index in [2.05, 4.69) is 20.2 Å². The minimum atomic E-state index is -0.213. The normalized spacial score (nSPS) is 9.93. The van der Waals surface area contributed by atoms with Gasteiger partial charge in [-0.05, 0) is 36.4 Å². The second-order valence-corrected chi connectivity index (χ2v) is 5.57. The summed E-state index contributed by atoms with van der Waals surface area (Å²) in [6, 6.07) is 24.1. The third-order valence-electron chi connectivity index (χ3n) is 3.59. The Bertz CT molecular complexity index is 960. The van der Waals surface area contributed by atoms with Crippen molar-refractivity contribution in [1.82, 2.24) is 9.97 Å². The van der Waals surface area contributed by atoms with Crippen molar-refractivity contribution in [3.8, 4) is 22.9 Å². The summed E-state index contributed by atoms with van der Waals surface area (Å²) >= 11 is 0. The smallest absolute Gasteiger partial charge is 0.871 e. The van der Waals surface area contributed by atoms with Crippen LogP contribution in [0.2, 0.25) is 0 Å². The number of pyridine rings is 2. The van der Waals surface area contributed by atoms with Gasteiger partial charge in [0.05, 0.1) is 22.8 Å². The number of para-hydroxylation sites is 2. The van der Waals surface area contributed by atoms with Crippen LogP contribution >= 0.6 is 0 Å². The second-order valence-electron chi connectivity index (χ2n) is 5.57. The molecule has 2 heterocycles. The van der Waals surface area contributed by atoms with Gasteiger partial charge < -0.3 is 10.2 Å². The van der Waals surface area contributed by atoms with E-state index in [4.69, 9.17) is 0 Å². The number of benzene rings is 2. The minimum Gasteiger partial charge on any atom is -0.871 e. The van der Waals surface area contributed by atoms with Gasteiger partial charge in [0, 0.05) is 12.4 Å². The van der Waals surface area contributed by atoms with Gasteiger partial charge in [0.2, 0.25) is 0 Å². The van der Waals surface area contributed by atoms with E-state index in [1.807, 2.05) is 36.4 Å². The molecule has 7 heteroatoms. The topological polar surface area (TPSA) is 96.6 Å². The Kier molecular flexibility index (Phi) is 8.61. The number of aromatic nitrogens is 2. The van der Waals surface area contributed by atoms with E-state index in [1.165, 1.54) is 12.1 Å². The molecule has 0 amide bonds. The standard InChI is InChI=1S/C12H10N2O2.C10H8N2.Zn/c15-11-7-3-1-5-9(11)13-14-10-6-2-4-8-12(10)16;1-3-7-11-9(5-1)10-6-2-4-8-12-10;/h1-8,15-16H;1-8H;/q;;+2/p-2. The maximum atomic E-state index is 11.3. The van der Waals surface area contributed by atoms with Crippen LogP contribution < -0.4 is 10.2 Å². The molecular weight excluding hydrogens is 418 g/mol. The number of hydrogen-bond acceptors (Lipinski definition) is 6. The van der Waals surface area contributed by atoms with Gasteiger partial charge in [-0.2, -0.15) is 10.2 Å². The van der Waals surface area contributed by atoms with Gasteiger partial charge in [0.15, 0.2) is 0 Å². The fraction of sp³-hybridized carbons (Fsp3) is 0. The average Bonchev–Trinajstić information content (AvgIpc) is 2.76. The third-order valence-corrected chi connectivity index (χ3v) is 3.59. The Balaban J connectivity index is 0.000000207. The van der Waals surface area contributed by atoms with Crippen molar-refractivity contribution in [3.63, 3.8) is 0 Å². The molecular formula is C22H16N4O2Zn. The first-order valence-corrected chi connectivity index (χ1v) is 8.50. The van der Waals surface area contributed by atoms with E-state index in [0.29, 0.717) is 0 Å². The van der Waals surface area contributed by atoms with Gasteiger partial charge in [-0.15, -0.1) is 0 Å². The summed E-state index contributed by atoms with van der Waals surface area (Å²) in [6.45, 7) is 0. The fourth-order valence-electron chi connectivity index (χ4n) is 2.22. The number of rotatable bonds is 3. The molecule has 0 atom stereocenters. The molecule has 4 aromatic rings. The average molecular weight is 434 g/mol. The van der Waals surface area contributed by atoms with E-state index in [-0.39, 0.29) is 42.4 Å². The summed E-state index contributed by atoms with van der Waals surface area (Å²) in [7, 11) is 0. The Morgan fingerprint density at radius 1 is 0.517 bits per heavy atom. The number of hydrogen-bond donors (Lipinski definition) is 0. The van der Waals surface area contributed by atoms with Gasteiger partial charge >= 0.3 is 19.5 Å². The van der Waals surface area contributed by atoms with E-state index in [0.717, 1.165) is 11.4 Å². The molecule has 0 saturated carbocycles. The number of azo groups is 1. The summed E-state index contributed by atoms with van der Waals surface area (Å²) in [4.78, 5) is 8.37. The van der Waals surface area contributed by atoms with Crippen LogP contribution in [0.3, 0.4) is 0 Å². The van der Waals surface area contributed by atoms with Crippen molar-refractivity contribution in [2.24, 2.45) is 10.2 Å². The Morgan fingerprint density at radius 2 is 0.897 bits per heavy atom. The molecule has 6 nitrogen and oxygen atoms in total. The third kappa shape index (κ3) is 6.59. The molecule has 0 bridgehead atoms. The van der Waals surface area contributed by atoms with E-state index >= 15 is 0 Å². The molecule has 0 N–H and O–H groups in total. The van der Waals surface area contributed by atoms with Crippen molar-refractivity contribution in [2.45, 2.75) is 0 Å². The van der Waals surface area contributed by atoms with Crippen LogP contribution in [-0.2, 0) is 19.5 Å². The molecule has 0 saturated heterocycles. The largest absolute Gasteiger partial charge is 2.00 e. The molecule has 29 heavy (non-hydrogen) atoms. The first-order chi connectivity index (χ1) is 13.7. The molecule has 138 valence electrons. The molecule has 0 aliphatic heterocycles. The van der Waals surface area contributed by atoms with E-state index < -0.39 is 0 Å². The van der Waals surface area contributed by atoms with Crippen LogP contribution in [-0.4, -0.2) is 9.97 Å². The zero-order valence-electron chi connectivity index (χ0n) is 15.6. The molecule has 0 unspecified atom stereocenters. The molecule has 0 aliphatic rings. The van der Waals surface area contributed by atoms with Crippen LogP contribution in [0.25, 0.3) is 11.4 Å². The maximum absolute atomic E-state index is 11.3. The van der Waals surface area contributed by atoms with Gasteiger partial charge in [-0.25, -0.2) is 0 Å². The number of nitrogens with zero attached hydrogens (tertiary/aromatic N) is 4. The fourth-order valence-corrected chi connectivity index (χ4v) is 2.22. The minimum absolute atomic E-state index is 0. The quantitative estimate of drug-likeness (QED) is 0.353. The summed E-state index contributed by atoms with van der Waals surface area (Å²) in [6.07, 6.45) is 3.54. The predicted octanol–water partition coefficient (Wildman–Crippen LogP) is 4.39.